The number of hydrogen-bond acceptors (Lipinski definition) is 0. The zero-order chi connectivity index (χ0) is 11.0. The number of rotatable bonds is 0. The van der Waals surface area contributed by atoms with Crippen LogP contribution in [-0.4, -0.2) is 0 Å². The first kappa shape index (κ1) is 11.5. The molecule has 0 bridgehead atoms. The first-order chi connectivity index (χ1) is 7.11. The molecule has 1 aromatic rings. The summed E-state index contributed by atoms with van der Waals surface area (Å²) in [4.78, 5) is 0.493. The van der Waals surface area contributed by atoms with E-state index in [2.05, 4.69) is 35.8 Å². The van der Waals surface area contributed by atoms with E-state index in [4.69, 9.17) is 11.6 Å². The van der Waals surface area contributed by atoms with E-state index in [0.717, 1.165) is 11.4 Å². The average Bonchev–Trinajstić information content (AvgIpc) is 2.37. The monoisotopic (exact) mass is 286 g/mol. The van der Waals surface area contributed by atoms with Crippen LogP contribution in [0, 0.1) is 13.8 Å². The smallest absolute Gasteiger partial charge is 0.0443 e. The van der Waals surface area contributed by atoms with E-state index >= 15 is 0 Å². The van der Waals surface area contributed by atoms with Gasteiger partial charge in [0.25, 0.3) is 0 Å². The minimum Gasteiger partial charge on any atom is -0.0840 e. The third-order valence-electron chi connectivity index (χ3n) is 3.40. The molecule has 0 fully saturated rings. The van der Waals surface area contributed by atoms with Gasteiger partial charge in [0.05, 0.1) is 0 Å². The first-order valence-corrected chi connectivity index (χ1v) is 6.83. The third kappa shape index (κ3) is 2.09. The molecular formula is C13H16BrCl. The van der Waals surface area contributed by atoms with Crippen LogP contribution in [0.15, 0.2) is 6.07 Å². The second-order valence-electron chi connectivity index (χ2n) is 4.41. The molecule has 0 amide bonds. The summed E-state index contributed by atoms with van der Waals surface area (Å²) in [6.45, 7) is 4.36. The molecule has 0 aromatic heterocycles. The van der Waals surface area contributed by atoms with Crippen molar-refractivity contribution in [2.45, 2.75) is 44.4 Å². The normalized spacial score (nSPS) is 20.9. The van der Waals surface area contributed by atoms with Gasteiger partial charge in [-0.25, -0.2) is 0 Å². The maximum atomic E-state index is 6.34. The van der Waals surface area contributed by atoms with Gasteiger partial charge >= 0.3 is 0 Å². The Labute approximate surface area is 105 Å². The zero-order valence-electron chi connectivity index (χ0n) is 9.24. The Morgan fingerprint density at radius 1 is 1.33 bits per heavy atom. The van der Waals surface area contributed by atoms with Gasteiger partial charge in [0.2, 0.25) is 0 Å². The zero-order valence-corrected chi connectivity index (χ0v) is 11.6. The number of benzene rings is 1. The lowest BCUT2D eigenvalue weighted by molar-refractivity contribution is 0.708. The maximum absolute atomic E-state index is 6.34. The molecule has 0 heterocycles. The summed E-state index contributed by atoms with van der Waals surface area (Å²) in [6.07, 6.45) is 4.92. The molecule has 15 heavy (non-hydrogen) atoms. The third-order valence-corrected chi connectivity index (χ3v) is 4.65. The number of halogens is 2. The SMILES string of the molecule is Cc1cc(Cl)c2c(c1C)C(Br)CCCC2. The van der Waals surface area contributed by atoms with Crippen LogP contribution in [0.4, 0.5) is 0 Å². The van der Waals surface area contributed by atoms with Crippen molar-refractivity contribution < 1.29 is 0 Å². The fraction of sp³-hybridized carbons (Fsp3) is 0.538. The maximum Gasteiger partial charge on any atom is 0.0443 e. The Bertz CT molecular complexity index is 385. The van der Waals surface area contributed by atoms with Crippen LogP contribution in [0.5, 0.6) is 0 Å². The molecule has 1 atom stereocenters. The molecule has 0 saturated carbocycles. The van der Waals surface area contributed by atoms with Gasteiger partial charge < -0.3 is 0 Å². The van der Waals surface area contributed by atoms with Gasteiger partial charge in [-0.05, 0) is 61.4 Å². The fourth-order valence-electron chi connectivity index (χ4n) is 2.40. The van der Waals surface area contributed by atoms with E-state index in [1.165, 1.54) is 41.5 Å². The molecule has 0 spiro atoms. The predicted octanol–water partition coefficient (Wildman–Crippen LogP) is 5.12. The van der Waals surface area contributed by atoms with E-state index < -0.39 is 0 Å². The molecule has 2 heteroatoms. The fourth-order valence-corrected chi connectivity index (χ4v) is 3.70. The molecule has 0 N–H and O–H groups in total. The number of aryl methyl sites for hydroxylation is 1. The van der Waals surface area contributed by atoms with Crippen molar-refractivity contribution in [2.24, 2.45) is 0 Å². The van der Waals surface area contributed by atoms with Crippen LogP contribution >= 0.6 is 27.5 Å². The number of alkyl halides is 1. The molecule has 1 aliphatic rings. The van der Waals surface area contributed by atoms with Crippen molar-refractivity contribution in [2.75, 3.05) is 0 Å². The topological polar surface area (TPSA) is 0 Å². The Kier molecular flexibility index (Phi) is 3.42. The molecule has 82 valence electrons. The van der Waals surface area contributed by atoms with E-state index in [-0.39, 0.29) is 0 Å². The molecule has 2 rings (SSSR count). The molecule has 0 saturated heterocycles. The van der Waals surface area contributed by atoms with E-state index in [1.54, 1.807) is 0 Å². The summed E-state index contributed by atoms with van der Waals surface area (Å²) in [5.74, 6) is 0. The Morgan fingerprint density at radius 2 is 2.07 bits per heavy atom. The summed E-state index contributed by atoms with van der Waals surface area (Å²) in [7, 11) is 0. The minimum absolute atomic E-state index is 0.493. The largest absolute Gasteiger partial charge is 0.0840 e. The Hall–Kier alpha value is -0.0100. The van der Waals surface area contributed by atoms with Crippen molar-refractivity contribution in [3.8, 4) is 0 Å². The second kappa shape index (κ2) is 4.47. The van der Waals surface area contributed by atoms with Crippen molar-refractivity contribution in [3.63, 3.8) is 0 Å². The van der Waals surface area contributed by atoms with Gasteiger partial charge in [-0.2, -0.15) is 0 Å². The highest BCUT2D eigenvalue weighted by Crippen LogP contribution is 2.40. The van der Waals surface area contributed by atoms with Crippen molar-refractivity contribution in [1.82, 2.24) is 0 Å². The summed E-state index contributed by atoms with van der Waals surface area (Å²) in [6, 6.07) is 2.11. The minimum atomic E-state index is 0.493. The molecule has 1 unspecified atom stereocenters. The molecule has 1 aromatic carbocycles. The molecule has 0 aliphatic heterocycles. The van der Waals surface area contributed by atoms with E-state index in [1.807, 2.05) is 0 Å². The highest BCUT2D eigenvalue weighted by molar-refractivity contribution is 9.09. The molecule has 1 aliphatic carbocycles. The standard InChI is InChI=1S/C13H16BrCl/c1-8-7-12(15)10-5-3-4-6-11(14)13(10)9(8)2/h7,11H,3-6H2,1-2H3. The second-order valence-corrected chi connectivity index (χ2v) is 5.92. The number of hydrogen-bond donors (Lipinski definition) is 0. The molecule has 0 nitrogen and oxygen atoms in total. The van der Waals surface area contributed by atoms with E-state index in [9.17, 15) is 0 Å². The van der Waals surface area contributed by atoms with Crippen molar-refractivity contribution >= 4 is 27.5 Å². The van der Waals surface area contributed by atoms with Gasteiger partial charge in [0.15, 0.2) is 0 Å². The number of fused-ring (bicyclic) bond motifs is 1. The van der Waals surface area contributed by atoms with Gasteiger partial charge in [-0.1, -0.05) is 34.0 Å². The highest BCUT2D eigenvalue weighted by Gasteiger charge is 2.21. The van der Waals surface area contributed by atoms with Gasteiger partial charge in [-0.15, -0.1) is 0 Å². The Morgan fingerprint density at radius 3 is 2.80 bits per heavy atom. The predicted molar refractivity (Wildman–Crippen MR) is 70.1 cm³/mol. The van der Waals surface area contributed by atoms with Crippen LogP contribution in [0.3, 0.4) is 0 Å². The lowest BCUT2D eigenvalue weighted by Gasteiger charge is -2.18. The summed E-state index contributed by atoms with van der Waals surface area (Å²) in [5.41, 5.74) is 5.56. The highest BCUT2D eigenvalue weighted by atomic mass is 79.9. The van der Waals surface area contributed by atoms with Crippen LogP contribution in [0.1, 0.15) is 46.3 Å². The van der Waals surface area contributed by atoms with E-state index in [0.29, 0.717) is 4.83 Å². The molecular weight excluding hydrogens is 272 g/mol. The Balaban J connectivity index is 2.63. The van der Waals surface area contributed by atoms with Crippen LogP contribution in [0.25, 0.3) is 0 Å². The van der Waals surface area contributed by atoms with Crippen molar-refractivity contribution in [3.05, 3.63) is 33.3 Å². The lowest BCUT2D eigenvalue weighted by Crippen LogP contribution is -2.00. The van der Waals surface area contributed by atoms with Crippen LogP contribution < -0.4 is 0 Å². The lowest BCUT2D eigenvalue weighted by atomic mass is 9.94. The summed E-state index contributed by atoms with van der Waals surface area (Å²) in [5, 5.41) is 0.958. The summed E-state index contributed by atoms with van der Waals surface area (Å²) < 4.78 is 0. The van der Waals surface area contributed by atoms with Gasteiger partial charge in [-0.3, -0.25) is 0 Å². The van der Waals surface area contributed by atoms with Crippen molar-refractivity contribution in [1.29, 1.82) is 0 Å². The summed E-state index contributed by atoms with van der Waals surface area (Å²) >= 11 is 10.1. The van der Waals surface area contributed by atoms with Gasteiger partial charge in [0.1, 0.15) is 0 Å². The average molecular weight is 288 g/mol. The van der Waals surface area contributed by atoms with Gasteiger partial charge in [0, 0.05) is 9.85 Å². The first-order valence-electron chi connectivity index (χ1n) is 5.54. The van der Waals surface area contributed by atoms with Crippen LogP contribution in [0.2, 0.25) is 5.02 Å². The molecule has 0 radical (unpaired) electrons. The quantitative estimate of drug-likeness (QED) is 0.459. The van der Waals surface area contributed by atoms with Crippen LogP contribution in [-0.2, 0) is 6.42 Å².